The van der Waals surface area contributed by atoms with Gasteiger partial charge in [-0.05, 0) is 36.1 Å². The first kappa shape index (κ1) is 13.1. The Hall–Kier alpha value is -1.85. The minimum Gasteiger partial charge on any atom is -0.380 e. The number of benzene rings is 1. The van der Waals surface area contributed by atoms with E-state index in [0.29, 0.717) is 11.3 Å². The van der Waals surface area contributed by atoms with Gasteiger partial charge in [0.2, 0.25) is 0 Å². The molecule has 0 aliphatic carbocycles. The molecule has 0 atom stereocenters. The number of nitrogens with two attached hydrogens (primary N) is 1. The normalized spacial score (nSPS) is 10.9. The highest BCUT2D eigenvalue weighted by molar-refractivity contribution is 7.13. The van der Waals surface area contributed by atoms with E-state index < -0.39 is 5.82 Å². The highest BCUT2D eigenvalue weighted by atomic mass is 35.5. The van der Waals surface area contributed by atoms with Crippen molar-refractivity contribution in [3.8, 4) is 21.8 Å². The molecule has 1 aromatic carbocycles. The fourth-order valence-electron chi connectivity index (χ4n) is 2.04. The molecule has 0 fully saturated rings. The van der Waals surface area contributed by atoms with Crippen LogP contribution in [0.3, 0.4) is 0 Å². The summed E-state index contributed by atoms with van der Waals surface area (Å²) in [5.74, 6) is 0.115. The fourth-order valence-corrected chi connectivity index (χ4v) is 3.21. The van der Waals surface area contributed by atoms with Crippen molar-refractivity contribution < 1.29 is 8.91 Å². The van der Waals surface area contributed by atoms with Crippen molar-refractivity contribution in [2.45, 2.75) is 6.92 Å². The number of anilines is 1. The van der Waals surface area contributed by atoms with Gasteiger partial charge in [0.1, 0.15) is 5.82 Å². The summed E-state index contributed by atoms with van der Waals surface area (Å²) in [4.78, 5) is 0.864. The van der Waals surface area contributed by atoms with Crippen LogP contribution in [-0.2, 0) is 0 Å². The van der Waals surface area contributed by atoms with E-state index in [-0.39, 0.29) is 16.4 Å². The molecule has 2 aromatic heterocycles. The lowest BCUT2D eigenvalue weighted by Crippen LogP contribution is -1.92. The summed E-state index contributed by atoms with van der Waals surface area (Å²) in [6.07, 6.45) is 0. The smallest absolute Gasteiger partial charge is 0.187 e. The van der Waals surface area contributed by atoms with Crippen molar-refractivity contribution in [1.82, 2.24) is 5.16 Å². The van der Waals surface area contributed by atoms with Gasteiger partial charge in [-0.2, -0.15) is 0 Å². The second-order valence-electron chi connectivity index (χ2n) is 4.30. The molecule has 102 valence electrons. The van der Waals surface area contributed by atoms with Gasteiger partial charge in [0.15, 0.2) is 11.6 Å². The van der Waals surface area contributed by atoms with Crippen LogP contribution >= 0.6 is 22.9 Å². The molecule has 0 bridgehead atoms. The van der Waals surface area contributed by atoms with Crippen LogP contribution in [0, 0.1) is 12.7 Å². The summed E-state index contributed by atoms with van der Waals surface area (Å²) in [7, 11) is 0. The molecule has 0 unspecified atom stereocenters. The van der Waals surface area contributed by atoms with Crippen molar-refractivity contribution in [3.63, 3.8) is 0 Å². The molecule has 0 aliphatic rings. The molecule has 3 nitrogen and oxygen atoms in total. The second kappa shape index (κ2) is 4.92. The lowest BCUT2D eigenvalue weighted by Gasteiger charge is -2.06. The van der Waals surface area contributed by atoms with Gasteiger partial charge in [-0.15, -0.1) is 11.3 Å². The zero-order valence-electron chi connectivity index (χ0n) is 10.5. The Labute approximate surface area is 123 Å². The number of thiophene rings is 1. The zero-order chi connectivity index (χ0) is 14.3. The SMILES string of the molecule is Cc1ccsc1-c1onc(N)c1-c1c(F)cccc1Cl. The van der Waals surface area contributed by atoms with Crippen LogP contribution in [0.2, 0.25) is 5.02 Å². The number of halogens is 2. The molecular weight excluding hydrogens is 299 g/mol. The molecule has 0 amide bonds. The van der Waals surface area contributed by atoms with Crippen molar-refractivity contribution >= 4 is 28.8 Å². The Kier molecular flexibility index (Phi) is 3.23. The van der Waals surface area contributed by atoms with E-state index >= 15 is 0 Å². The fraction of sp³-hybridized carbons (Fsp3) is 0.0714. The molecule has 0 spiro atoms. The van der Waals surface area contributed by atoms with Crippen molar-refractivity contribution in [1.29, 1.82) is 0 Å². The van der Waals surface area contributed by atoms with Crippen LogP contribution in [0.15, 0.2) is 34.2 Å². The van der Waals surface area contributed by atoms with E-state index in [1.807, 2.05) is 18.4 Å². The molecule has 2 N–H and O–H groups in total. The van der Waals surface area contributed by atoms with E-state index in [2.05, 4.69) is 5.16 Å². The summed E-state index contributed by atoms with van der Waals surface area (Å²) >= 11 is 7.59. The lowest BCUT2D eigenvalue weighted by atomic mass is 10.0. The summed E-state index contributed by atoms with van der Waals surface area (Å²) in [6, 6.07) is 6.43. The molecule has 20 heavy (non-hydrogen) atoms. The van der Waals surface area contributed by atoms with Crippen LogP contribution in [0.4, 0.5) is 10.2 Å². The third-order valence-electron chi connectivity index (χ3n) is 3.00. The topological polar surface area (TPSA) is 52.0 Å². The van der Waals surface area contributed by atoms with Crippen LogP contribution in [-0.4, -0.2) is 5.16 Å². The van der Waals surface area contributed by atoms with Gasteiger partial charge in [0.05, 0.1) is 15.5 Å². The predicted molar refractivity (Wildman–Crippen MR) is 79.4 cm³/mol. The van der Waals surface area contributed by atoms with E-state index in [1.165, 1.54) is 17.4 Å². The van der Waals surface area contributed by atoms with Crippen LogP contribution in [0.5, 0.6) is 0 Å². The van der Waals surface area contributed by atoms with Gasteiger partial charge in [0.25, 0.3) is 0 Å². The summed E-state index contributed by atoms with van der Waals surface area (Å²) in [5, 5.41) is 5.96. The monoisotopic (exact) mass is 308 g/mol. The summed E-state index contributed by atoms with van der Waals surface area (Å²) < 4.78 is 19.4. The Bertz CT molecular complexity index is 761. The largest absolute Gasteiger partial charge is 0.380 e. The number of nitrogens with zero attached hydrogens (tertiary/aromatic N) is 1. The number of hydrogen-bond donors (Lipinski definition) is 1. The first-order valence-corrected chi connectivity index (χ1v) is 7.09. The Morgan fingerprint density at radius 1 is 1.30 bits per heavy atom. The average molecular weight is 309 g/mol. The minimum atomic E-state index is -0.456. The van der Waals surface area contributed by atoms with Crippen molar-refractivity contribution in [2.24, 2.45) is 0 Å². The maximum absolute atomic E-state index is 14.1. The second-order valence-corrected chi connectivity index (χ2v) is 5.62. The summed E-state index contributed by atoms with van der Waals surface area (Å²) in [5.41, 5.74) is 7.48. The zero-order valence-corrected chi connectivity index (χ0v) is 12.1. The van der Waals surface area contributed by atoms with Crippen molar-refractivity contribution in [3.05, 3.63) is 46.0 Å². The molecule has 0 saturated heterocycles. The Balaban J connectivity index is 2.31. The maximum atomic E-state index is 14.1. The lowest BCUT2D eigenvalue weighted by molar-refractivity contribution is 0.436. The molecular formula is C14H10ClFN2OS. The standard InChI is InChI=1S/C14H10ClFN2OS/c1-7-5-6-20-13(7)12-11(14(17)18-19-12)10-8(15)3-2-4-9(10)16/h2-6H,1H3,(H2,17,18). The van der Waals surface area contributed by atoms with Crippen molar-refractivity contribution in [2.75, 3.05) is 5.73 Å². The Morgan fingerprint density at radius 3 is 2.75 bits per heavy atom. The van der Waals surface area contributed by atoms with Gasteiger partial charge in [-0.1, -0.05) is 22.8 Å². The van der Waals surface area contributed by atoms with Gasteiger partial charge >= 0.3 is 0 Å². The maximum Gasteiger partial charge on any atom is 0.187 e. The molecule has 6 heteroatoms. The molecule has 2 heterocycles. The summed E-state index contributed by atoms with van der Waals surface area (Å²) in [6.45, 7) is 1.94. The van der Waals surface area contributed by atoms with Gasteiger partial charge in [-0.25, -0.2) is 4.39 Å². The minimum absolute atomic E-state index is 0.125. The first-order chi connectivity index (χ1) is 9.59. The molecule has 0 radical (unpaired) electrons. The highest BCUT2D eigenvalue weighted by Crippen LogP contribution is 2.43. The van der Waals surface area contributed by atoms with Crippen LogP contribution in [0.1, 0.15) is 5.56 Å². The van der Waals surface area contributed by atoms with E-state index in [4.69, 9.17) is 21.9 Å². The predicted octanol–water partition coefficient (Wildman–Crippen LogP) is 4.75. The average Bonchev–Trinajstić information content (AvgIpc) is 2.97. The first-order valence-electron chi connectivity index (χ1n) is 5.83. The van der Waals surface area contributed by atoms with Crippen LogP contribution < -0.4 is 5.73 Å². The number of rotatable bonds is 2. The van der Waals surface area contributed by atoms with Crippen LogP contribution in [0.25, 0.3) is 21.8 Å². The highest BCUT2D eigenvalue weighted by Gasteiger charge is 2.24. The third-order valence-corrected chi connectivity index (χ3v) is 4.33. The molecule has 3 aromatic rings. The third kappa shape index (κ3) is 1.99. The van der Waals surface area contributed by atoms with Gasteiger partial charge in [0, 0.05) is 5.56 Å². The van der Waals surface area contributed by atoms with E-state index in [9.17, 15) is 4.39 Å². The Morgan fingerprint density at radius 2 is 2.10 bits per heavy atom. The van der Waals surface area contributed by atoms with E-state index in [1.54, 1.807) is 12.1 Å². The van der Waals surface area contributed by atoms with Gasteiger partial charge < -0.3 is 10.3 Å². The number of aryl methyl sites for hydroxylation is 1. The van der Waals surface area contributed by atoms with E-state index in [0.717, 1.165) is 10.4 Å². The van der Waals surface area contributed by atoms with Gasteiger partial charge in [-0.3, -0.25) is 0 Å². The molecule has 3 rings (SSSR count). The molecule has 0 saturated carbocycles. The number of nitrogen functional groups attached to an aromatic ring is 1. The number of hydrogen-bond acceptors (Lipinski definition) is 4. The number of aromatic nitrogens is 1. The molecule has 0 aliphatic heterocycles. The quantitative estimate of drug-likeness (QED) is 0.743.